The standard InChI is InChI=1S/C22H24ClFN6O/c1-2-3-7-19(31)30-8-5-4-6-15(30)11-26-22-18(24)13-28-21(29-22)17-12-27-20-16(17)9-14(23)10-25-20/h2,9-10,12-13,15H,1,3-8,11H2,(H,25,27)(H,26,28,29)/t15-/m1/s1. The average molecular weight is 443 g/mol. The second-order valence-corrected chi connectivity index (χ2v) is 8.02. The summed E-state index contributed by atoms with van der Waals surface area (Å²) in [5.74, 6) is 0.0405. The van der Waals surface area contributed by atoms with E-state index in [9.17, 15) is 9.18 Å². The summed E-state index contributed by atoms with van der Waals surface area (Å²) in [7, 11) is 0. The molecule has 1 atom stereocenters. The van der Waals surface area contributed by atoms with Gasteiger partial charge < -0.3 is 15.2 Å². The lowest BCUT2D eigenvalue weighted by Crippen LogP contribution is -2.47. The largest absolute Gasteiger partial charge is 0.365 e. The number of piperidine rings is 1. The fraction of sp³-hybridized carbons (Fsp3) is 0.364. The third-order valence-corrected chi connectivity index (χ3v) is 5.70. The minimum absolute atomic E-state index is 0.0000222. The number of nitrogens with zero attached hydrogens (tertiary/aromatic N) is 4. The van der Waals surface area contributed by atoms with Gasteiger partial charge in [0.15, 0.2) is 17.5 Å². The maximum atomic E-state index is 14.4. The number of carbonyl (C=O) groups is 1. The molecular weight excluding hydrogens is 419 g/mol. The van der Waals surface area contributed by atoms with Crippen LogP contribution in [0.4, 0.5) is 10.2 Å². The van der Waals surface area contributed by atoms with E-state index in [-0.39, 0.29) is 17.8 Å². The van der Waals surface area contributed by atoms with Crippen molar-refractivity contribution in [3.05, 3.63) is 48.2 Å². The van der Waals surface area contributed by atoms with Crippen LogP contribution in [0.2, 0.25) is 5.02 Å². The molecule has 0 aromatic carbocycles. The number of aromatic nitrogens is 4. The van der Waals surface area contributed by atoms with Crippen molar-refractivity contribution in [1.29, 1.82) is 0 Å². The van der Waals surface area contributed by atoms with Crippen LogP contribution in [0.3, 0.4) is 0 Å². The Labute approximate surface area is 184 Å². The number of halogens is 2. The minimum Gasteiger partial charge on any atom is -0.365 e. The zero-order valence-electron chi connectivity index (χ0n) is 17.1. The number of nitrogens with one attached hydrogen (secondary N) is 2. The van der Waals surface area contributed by atoms with E-state index in [0.717, 1.165) is 37.4 Å². The van der Waals surface area contributed by atoms with Crippen molar-refractivity contribution in [1.82, 2.24) is 24.8 Å². The van der Waals surface area contributed by atoms with Crippen LogP contribution in [0, 0.1) is 5.82 Å². The zero-order chi connectivity index (χ0) is 21.8. The maximum absolute atomic E-state index is 14.4. The average Bonchev–Trinajstić information content (AvgIpc) is 3.20. The van der Waals surface area contributed by atoms with Gasteiger partial charge in [0.2, 0.25) is 5.91 Å². The molecule has 2 N–H and O–H groups in total. The number of hydrogen-bond donors (Lipinski definition) is 2. The first-order valence-corrected chi connectivity index (χ1v) is 10.7. The van der Waals surface area contributed by atoms with Crippen LogP contribution in [0.15, 0.2) is 37.3 Å². The summed E-state index contributed by atoms with van der Waals surface area (Å²) >= 11 is 6.07. The molecule has 0 spiro atoms. The van der Waals surface area contributed by atoms with Crippen LogP contribution in [0.5, 0.6) is 0 Å². The molecule has 1 fully saturated rings. The number of pyridine rings is 1. The Kier molecular flexibility index (Phi) is 6.46. The van der Waals surface area contributed by atoms with Crippen molar-refractivity contribution in [2.24, 2.45) is 0 Å². The zero-order valence-corrected chi connectivity index (χ0v) is 17.8. The lowest BCUT2D eigenvalue weighted by atomic mass is 10.0. The smallest absolute Gasteiger partial charge is 0.223 e. The molecular formula is C22H24ClFN6O. The third kappa shape index (κ3) is 4.69. The van der Waals surface area contributed by atoms with Crippen molar-refractivity contribution < 1.29 is 9.18 Å². The van der Waals surface area contributed by atoms with Crippen LogP contribution >= 0.6 is 11.6 Å². The maximum Gasteiger partial charge on any atom is 0.223 e. The number of likely N-dealkylation sites (tertiary alicyclic amines) is 1. The van der Waals surface area contributed by atoms with Crippen LogP contribution < -0.4 is 5.32 Å². The van der Waals surface area contributed by atoms with Crippen LogP contribution in [-0.4, -0.2) is 49.9 Å². The van der Waals surface area contributed by atoms with Gasteiger partial charge in [-0.15, -0.1) is 6.58 Å². The van der Waals surface area contributed by atoms with E-state index >= 15 is 0 Å². The highest BCUT2D eigenvalue weighted by atomic mass is 35.5. The highest BCUT2D eigenvalue weighted by Crippen LogP contribution is 2.28. The lowest BCUT2D eigenvalue weighted by Gasteiger charge is -2.36. The Balaban J connectivity index is 1.53. The molecule has 31 heavy (non-hydrogen) atoms. The Morgan fingerprint density at radius 1 is 1.39 bits per heavy atom. The first-order valence-electron chi connectivity index (χ1n) is 10.4. The molecule has 1 saturated heterocycles. The van der Waals surface area contributed by atoms with Gasteiger partial charge in [0.05, 0.1) is 11.2 Å². The number of fused-ring (bicyclic) bond motifs is 1. The fourth-order valence-electron chi connectivity index (χ4n) is 3.91. The van der Waals surface area contributed by atoms with Gasteiger partial charge in [-0.1, -0.05) is 17.7 Å². The minimum atomic E-state index is -0.542. The first kappa shape index (κ1) is 21.2. The van der Waals surface area contributed by atoms with Crippen LogP contribution in [0.25, 0.3) is 22.4 Å². The summed E-state index contributed by atoms with van der Waals surface area (Å²) in [5, 5.41) is 4.35. The van der Waals surface area contributed by atoms with Crippen molar-refractivity contribution in [2.45, 2.75) is 38.1 Å². The summed E-state index contributed by atoms with van der Waals surface area (Å²) in [4.78, 5) is 30.3. The molecule has 3 aromatic rings. The Hall–Kier alpha value is -3.00. The normalized spacial score (nSPS) is 16.5. The second-order valence-electron chi connectivity index (χ2n) is 7.59. The van der Waals surface area contributed by atoms with Gasteiger partial charge in [-0.25, -0.2) is 19.3 Å². The molecule has 1 aliphatic rings. The number of anilines is 1. The second kappa shape index (κ2) is 9.43. The SMILES string of the molecule is C=CCCC(=O)N1CCCC[C@@H]1CNc1nc(-c2c[nH]c3ncc(Cl)cc23)ncc1F. The Bertz CT molecular complexity index is 1100. The topological polar surface area (TPSA) is 86.8 Å². The van der Waals surface area contributed by atoms with Gasteiger partial charge in [-0.05, 0) is 31.7 Å². The molecule has 7 nitrogen and oxygen atoms in total. The van der Waals surface area contributed by atoms with E-state index < -0.39 is 5.82 Å². The number of amides is 1. The summed E-state index contributed by atoms with van der Waals surface area (Å²) in [6.45, 7) is 4.83. The molecule has 0 saturated carbocycles. The van der Waals surface area contributed by atoms with E-state index in [1.54, 1.807) is 24.5 Å². The number of allylic oxidation sites excluding steroid dienone is 1. The molecule has 3 aromatic heterocycles. The Morgan fingerprint density at radius 3 is 3.10 bits per heavy atom. The monoisotopic (exact) mass is 442 g/mol. The van der Waals surface area contributed by atoms with E-state index in [1.807, 2.05) is 4.90 Å². The van der Waals surface area contributed by atoms with E-state index in [0.29, 0.717) is 41.4 Å². The molecule has 4 rings (SSSR count). The third-order valence-electron chi connectivity index (χ3n) is 5.50. The summed E-state index contributed by atoms with van der Waals surface area (Å²) in [6, 6.07) is 1.77. The summed E-state index contributed by atoms with van der Waals surface area (Å²) in [6.07, 6.45) is 10.2. The van der Waals surface area contributed by atoms with Crippen LogP contribution in [-0.2, 0) is 4.79 Å². The Morgan fingerprint density at radius 2 is 2.26 bits per heavy atom. The molecule has 0 bridgehead atoms. The van der Waals surface area contributed by atoms with Crippen molar-refractivity contribution in [3.63, 3.8) is 0 Å². The number of H-pyrrole nitrogens is 1. The molecule has 4 heterocycles. The predicted molar refractivity (Wildman–Crippen MR) is 119 cm³/mol. The number of carbonyl (C=O) groups excluding carboxylic acids is 1. The number of aromatic amines is 1. The summed E-state index contributed by atoms with van der Waals surface area (Å²) < 4.78 is 14.4. The highest BCUT2D eigenvalue weighted by Gasteiger charge is 2.26. The van der Waals surface area contributed by atoms with Gasteiger partial charge in [0.25, 0.3) is 0 Å². The number of hydrogen-bond acceptors (Lipinski definition) is 5. The van der Waals surface area contributed by atoms with Gasteiger partial charge in [-0.3, -0.25) is 4.79 Å². The molecule has 162 valence electrons. The first-order chi connectivity index (χ1) is 15.1. The molecule has 9 heteroatoms. The molecule has 1 aliphatic heterocycles. The van der Waals surface area contributed by atoms with Crippen molar-refractivity contribution in [2.75, 3.05) is 18.4 Å². The van der Waals surface area contributed by atoms with Gasteiger partial charge in [0.1, 0.15) is 5.65 Å². The van der Waals surface area contributed by atoms with Crippen molar-refractivity contribution >= 4 is 34.4 Å². The van der Waals surface area contributed by atoms with Gasteiger partial charge in [-0.2, -0.15) is 0 Å². The molecule has 0 aliphatic carbocycles. The fourth-order valence-corrected chi connectivity index (χ4v) is 4.07. The quantitative estimate of drug-likeness (QED) is 0.523. The highest BCUT2D eigenvalue weighted by molar-refractivity contribution is 6.31. The van der Waals surface area contributed by atoms with Gasteiger partial charge in [0, 0.05) is 48.9 Å². The summed E-state index contributed by atoms with van der Waals surface area (Å²) in [5.41, 5.74) is 1.34. The van der Waals surface area contributed by atoms with E-state index in [2.05, 4.69) is 31.8 Å². The predicted octanol–water partition coefficient (Wildman–Crippen LogP) is 4.57. The van der Waals surface area contributed by atoms with Gasteiger partial charge >= 0.3 is 0 Å². The van der Waals surface area contributed by atoms with Crippen molar-refractivity contribution in [3.8, 4) is 11.4 Å². The lowest BCUT2D eigenvalue weighted by molar-refractivity contribution is -0.134. The van der Waals surface area contributed by atoms with E-state index in [1.165, 1.54) is 0 Å². The molecule has 1 amide bonds. The molecule has 0 unspecified atom stereocenters. The number of rotatable bonds is 7. The molecule has 0 radical (unpaired) electrons. The van der Waals surface area contributed by atoms with Crippen LogP contribution in [0.1, 0.15) is 32.1 Å². The van der Waals surface area contributed by atoms with E-state index in [4.69, 9.17) is 11.6 Å².